The Morgan fingerprint density at radius 2 is 2.02 bits per heavy atom. The largest absolute Gasteiger partial charge is 0.778 e. The van der Waals surface area contributed by atoms with Gasteiger partial charge in [-0.05, 0) is 19.9 Å². The lowest BCUT2D eigenvalue weighted by atomic mass is 10.2. The molecular weight excluding hydrogens is 591 g/mol. The summed E-state index contributed by atoms with van der Waals surface area (Å²) >= 11 is 0. The summed E-state index contributed by atoms with van der Waals surface area (Å²) in [6, 6.07) is 0. The van der Waals surface area contributed by atoms with Crippen LogP contribution in [0, 0.1) is 0 Å². The second kappa shape index (κ2) is 13.4. The molecule has 1 amide bonds. The van der Waals surface area contributed by atoms with Gasteiger partial charge in [0.25, 0.3) is 0 Å². The fourth-order valence-corrected chi connectivity index (χ4v) is 5.47. The number of aromatic nitrogens is 7. The molecule has 0 aliphatic carbocycles. The number of hydrogen-bond donors (Lipinski definition) is 4. The van der Waals surface area contributed by atoms with Crippen molar-refractivity contribution in [1.29, 1.82) is 0 Å². The van der Waals surface area contributed by atoms with Crippen LogP contribution in [0.25, 0.3) is 28.3 Å². The molecule has 44 heavy (non-hydrogen) atoms. The lowest BCUT2D eigenvalue weighted by Crippen LogP contribution is -2.32. The summed E-state index contributed by atoms with van der Waals surface area (Å²) in [6.45, 7) is 7.51. The van der Waals surface area contributed by atoms with E-state index in [1.54, 1.807) is 30.7 Å². The maximum atomic E-state index is 12.6. The molecule has 0 bridgehead atoms. The molecule has 0 spiro atoms. The first-order valence-electron chi connectivity index (χ1n) is 14.2. The number of carbonyl (C=O) groups is 1. The van der Waals surface area contributed by atoms with Crippen LogP contribution in [0.4, 0.5) is 11.6 Å². The maximum Gasteiger partial charge on any atom is 0.244 e. The first kappa shape index (κ1) is 31.5. The first-order chi connectivity index (χ1) is 21.0. The van der Waals surface area contributed by atoms with Crippen molar-refractivity contribution in [3.05, 3.63) is 36.8 Å². The van der Waals surface area contributed by atoms with Gasteiger partial charge in [-0.25, -0.2) is 24.9 Å². The lowest BCUT2D eigenvalue weighted by molar-refractivity contribution is -0.204. The molecule has 1 aliphatic rings. The van der Waals surface area contributed by atoms with E-state index in [2.05, 4.69) is 40.5 Å². The second-order valence-electron chi connectivity index (χ2n) is 10.8. The fraction of sp³-hybridized carbons (Fsp3) is 0.481. The molecule has 1 saturated heterocycles. The van der Waals surface area contributed by atoms with Crippen LogP contribution in [0.15, 0.2) is 31.3 Å². The van der Waals surface area contributed by atoms with Crippen LogP contribution in [-0.4, -0.2) is 84.0 Å². The SMILES string of the molecule is CC(C)OC1C[C@H](n2cc(/C=C/C(=O)NCCNc3ncnc4nc[nH]c34)c3c(N)ncnc32)O[C@@H]1COP(=O)([O-])C(C)C. The van der Waals surface area contributed by atoms with Gasteiger partial charge in [-0.2, -0.15) is 0 Å². The predicted molar refractivity (Wildman–Crippen MR) is 161 cm³/mol. The number of aromatic amines is 1. The van der Waals surface area contributed by atoms with Gasteiger partial charge in [-0.15, -0.1) is 0 Å². The zero-order chi connectivity index (χ0) is 31.4. The quantitative estimate of drug-likeness (QED) is 0.0947. The van der Waals surface area contributed by atoms with Crippen molar-refractivity contribution in [3.8, 4) is 0 Å². The van der Waals surface area contributed by atoms with E-state index in [4.69, 9.17) is 19.7 Å². The Morgan fingerprint density at radius 1 is 1.23 bits per heavy atom. The van der Waals surface area contributed by atoms with Gasteiger partial charge < -0.3 is 49.4 Å². The zero-order valence-electron chi connectivity index (χ0n) is 24.8. The van der Waals surface area contributed by atoms with Crippen molar-refractivity contribution < 1.29 is 28.3 Å². The minimum absolute atomic E-state index is 0.118. The lowest BCUT2D eigenvalue weighted by Gasteiger charge is -2.29. The number of carbonyl (C=O) groups excluding carboxylic acids is 1. The number of ether oxygens (including phenoxy) is 2. The molecule has 5 rings (SSSR count). The van der Waals surface area contributed by atoms with E-state index >= 15 is 0 Å². The Hall–Kier alpha value is -3.95. The maximum absolute atomic E-state index is 12.6. The topological polar surface area (TPSA) is 220 Å². The molecule has 0 saturated carbocycles. The molecular formula is C27H36N10O6P-. The van der Waals surface area contributed by atoms with Gasteiger partial charge in [0.1, 0.15) is 49.6 Å². The van der Waals surface area contributed by atoms with Gasteiger partial charge in [0.05, 0.1) is 30.5 Å². The summed E-state index contributed by atoms with van der Waals surface area (Å²) in [5.74, 6) is 0.515. The van der Waals surface area contributed by atoms with E-state index in [9.17, 15) is 14.3 Å². The van der Waals surface area contributed by atoms with E-state index in [1.165, 1.54) is 25.1 Å². The average molecular weight is 628 g/mol. The summed E-state index contributed by atoms with van der Waals surface area (Å²) in [4.78, 5) is 48.9. The van der Waals surface area contributed by atoms with Gasteiger partial charge in [0.2, 0.25) is 5.91 Å². The highest BCUT2D eigenvalue weighted by Gasteiger charge is 2.39. The summed E-state index contributed by atoms with van der Waals surface area (Å²) in [5, 5.41) is 6.52. The number of anilines is 2. The van der Waals surface area contributed by atoms with Crippen LogP contribution < -0.4 is 21.3 Å². The number of hydrogen-bond acceptors (Lipinski definition) is 13. The number of nitrogen functional groups attached to an aromatic ring is 1. The molecule has 4 aromatic heterocycles. The Bertz CT molecular complexity index is 1690. The van der Waals surface area contributed by atoms with E-state index in [0.717, 1.165) is 0 Å². The summed E-state index contributed by atoms with van der Waals surface area (Å²) in [6.07, 6.45) is 7.80. The van der Waals surface area contributed by atoms with Crippen molar-refractivity contribution in [2.45, 2.75) is 64.3 Å². The molecule has 17 heteroatoms. The molecule has 16 nitrogen and oxygen atoms in total. The number of H-pyrrole nitrogens is 1. The van der Waals surface area contributed by atoms with Crippen molar-refractivity contribution in [1.82, 2.24) is 39.8 Å². The van der Waals surface area contributed by atoms with E-state index in [-0.39, 0.29) is 24.4 Å². The molecule has 5 heterocycles. The number of nitrogens with two attached hydrogens (primary N) is 1. The third-order valence-corrected chi connectivity index (χ3v) is 8.78. The Morgan fingerprint density at radius 3 is 2.80 bits per heavy atom. The Labute approximate surface area is 253 Å². The zero-order valence-corrected chi connectivity index (χ0v) is 25.7. The standard InChI is InChI=1S/C27H37N10O6P/c1-15(2)42-18-9-21(43-19(18)11-41-44(39,40)16(3)4)37-10-17(22-24(28)32-13-36-27(22)37)5-6-20(38)29-7-8-30-25-23-26(33-12-31-23)35-14-34-25/h5-6,10,12-16,18-19,21H,7-9,11H2,1-4H3,(H,29,38)(H,39,40)(H2,28,32,36)(H2,30,31,33,34,35)/p-1/b6-5+/t18?,19-,21-/m1/s1. The molecule has 236 valence electrons. The van der Waals surface area contributed by atoms with Gasteiger partial charge in [0.15, 0.2) is 11.5 Å². The van der Waals surface area contributed by atoms with Crippen molar-refractivity contribution in [2.24, 2.45) is 0 Å². The van der Waals surface area contributed by atoms with Crippen molar-refractivity contribution in [2.75, 3.05) is 30.7 Å². The van der Waals surface area contributed by atoms with Crippen LogP contribution in [0.3, 0.4) is 0 Å². The Balaban J connectivity index is 1.27. The molecule has 4 aromatic rings. The van der Waals surface area contributed by atoms with Crippen LogP contribution in [0.5, 0.6) is 0 Å². The highest BCUT2D eigenvalue weighted by molar-refractivity contribution is 7.52. The Kier molecular flexibility index (Phi) is 9.56. The van der Waals surface area contributed by atoms with Crippen LogP contribution in [0.2, 0.25) is 0 Å². The van der Waals surface area contributed by atoms with Gasteiger partial charge in [-0.3, -0.25) is 4.79 Å². The summed E-state index contributed by atoms with van der Waals surface area (Å²) in [7, 11) is -4.05. The van der Waals surface area contributed by atoms with Gasteiger partial charge >= 0.3 is 0 Å². The van der Waals surface area contributed by atoms with Crippen LogP contribution >= 0.6 is 7.60 Å². The van der Waals surface area contributed by atoms with Crippen LogP contribution in [-0.2, 0) is 23.4 Å². The van der Waals surface area contributed by atoms with E-state index in [0.29, 0.717) is 53.1 Å². The summed E-state index contributed by atoms with van der Waals surface area (Å²) < 4.78 is 31.7. The molecule has 1 aliphatic heterocycles. The normalized spacial score (nSPS) is 20.3. The number of nitrogens with zero attached hydrogens (tertiary/aromatic N) is 6. The van der Waals surface area contributed by atoms with Gasteiger partial charge in [-0.1, -0.05) is 13.8 Å². The predicted octanol–water partition coefficient (Wildman–Crippen LogP) is 1.98. The van der Waals surface area contributed by atoms with E-state index in [1.807, 2.05) is 13.8 Å². The molecule has 2 unspecified atom stereocenters. The third-order valence-electron chi connectivity index (χ3n) is 7.01. The molecule has 0 radical (unpaired) electrons. The molecule has 5 N–H and O–H groups in total. The number of imidazole rings is 1. The average Bonchev–Trinajstić information content (AvgIpc) is 3.70. The highest BCUT2D eigenvalue weighted by Crippen LogP contribution is 2.44. The number of rotatable bonds is 13. The van der Waals surface area contributed by atoms with Crippen molar-refractivity contribution in [3.63, 3.8) is 0 Å². The molecule has 4 atom stereocenters. The smallest absolute Gasteiger partial charge is 0.244 e. The van der Waals surface area contributed by atoms with Crippen LogP contribution in [0.1, 0.15) is 45.9 Å². The third kappa shape index (κ3) is 7.05. The number of amides is 1. The number of fused-ring (bicyclic) bond motifs is 2. The summed E-state index contributed by atoms with van der Waals surface area (Å²) in [5.41, 5.74) is 7.92. The monoisotopic (exact) mass is 627 g/mol. The second-order valence-corrected chi connectivity index (χ2v) is 13.2. The van der Waals surface area contributed by atoms with Gasteiger partial charge in [0, 0.05) is 43.0 Å². The first-order valence-corrected chi connectivity index (χ1v) is 15.9. The minimum atomic E-state index is -4.05. The van der Waals surface area contributed by atoms with E-state index < -0.39 is 31.7 Å². The molecule has 0 aromatic carbocycles. The molecule has 1 fully saturated rings. The van der Waals surface area contributed by atoms with Crippen molar-refractivity contribution >= 4 is 53.4 Å². The minimum Gasteiger partial charge on any atom is -0.778 e. The number of nitrogens with one attached hydrogen (secondary N) is 3. The fourth-order valence-electron chi connectivity index (χ4n) is 4.81. The highest BCUT2D eigenvalue weighted by atomic mass is 31.2.